The van der Waals surface area contributed by atoms with Crippen molar-refractivity contribution < 1.29 is 13.9 Å². The fraction of sp³-hybridized carbons (Fsp3) is 0.333. The molecule has 0 bridgehead atoms. The Morgan fingerprint density at radius 2 is 1.88 bits per heavy atom. The maximum absolute atomic E-state index is 12.6. The third kappa shape index (κ3) is 3.05. The van der Waals surface area contributed by atoms with Gasteiger partial charge in [-0.25, -0.2) is 4.79 Å². The predicted octanol–water partition coefficient (Wildman–Crippen LogP) is 4.11. The third-order valence-corrected chi connectivity index (χ3v) is 4.87. The molecule has 3 rings (SSSR count). The number of nitrogens with zero attached hydrogens (tertiary/aromatic N) is 1. The van der Waals surface area contributed by atoms with E-state index in [2.05, 4.69) is 11.5 Å². The first-order valence-corrected chi connectivity index (χ1v) is 8.70. The van der Waals surface area contributed by atoms with Gasteiger partial charge in [0.15, 0.2) is 6.61 Å². The minimum Gasteiger partial charge on any atom is -0.485 e. The normalized spacial score (nSPS) is 11.1. The summed E-state index contributed by atoms with van der Waals surface area (Å²) < 4.78 is 13.2. The average Bonchev–Trinajstić information content (AvgIpc) is 2.88. The Morgan fingerprint density at radius 1 is 1.15 bits per heavy atom. The van der Waals surface area contributed by atoms with E-state index in [1.54, 1.807) is 0 Å². The molecule has 2 heterocycles. The molecule has 2 aromatic heterocycles. The molecule has 5 nitrogen and oxygen atoms in total. The second-order valence-corrected chi connectivity index (χ2v) is 6.55. The summed E-state index contributed by atoms with van der Waals surface area (Å²) in [5, 5.41) is 0.868. The zero-order valence-electron chi connectivity index (χ0n) is 15.8. The fourth-order valence-corrected chi connectivity index (χ4v) is 3.45. The maximum Gasteiger partial charge on any atom is 0.336 e. The van der Waals surface area contributed by atoms with Gasteiger partial charge in [-0.1, -0.05) is 0 Å². The minimum absolute atomic E-state index is 0.0591. The lowest BCUT2D eigenvalue weighted by atomic mass is 10.1. The molecule has 0 amide bonds. The Bertz CT molecular complexity index is 1060. The number of ether oxygens (including phenoxy) is 1. The van der Waals surface area contributed by atoms with Crippen molar-refractivity contribution in [3.63, 3.8) is 0 Å². The van der Waals surface area contributed by atoms with Gasteiger partial charge in [0.1, 0.15) is 11.3 Å². The maximum atomic E-state index is 12.6. The van der Waals surface area contributed by atoms with E-state index in [9.17, 15) is 9.59 Å². The molecule has 0 fully saturated rings. The van der Waals surface area contributed by atoms with Crippen LogP contribution in [-0.2, 0) is 6.54 Å². The van der Waals surface area contributed by atoms with Crippen LogP contribution in [0.5, 0.6) is 5.75 Å². The highest BCUT2D eigenvalue weighted by atomic mass is 16.5. The minimum atomic E-state index is -0.390. The number of carbonyl (C=O) groups excluding carboxylic acids is 1. The molecule has 26 heavy (non-hydrogen) atoms. The summed E-state index contributed by atoms with van der Waals surface area (Å²) in [6.45, 7) is 10.5. The molecular weight excluding hydrogens is 330 g/mol. The summed E-state index contributed by atoms with van der Waals surface area (Å²) in [5.74, 6) is 0.479. The van der Waals surface area contributed by atoms with E-state index in [0.29, 0.717) is 16.9 Å². The van der Waals surface area contributed by atoms with Crippen LogP contribution in [0, 0.1) is 27.7 Å². The van der Waals surface area contributed by atoms with Gasteiger partial charge in [-0.05, 0) is 58.4 Å². The average molecular weight is 353 g/mol. The lowest BCUT2D eigenvalue weighted by Gasteiger charge is -2.11. The van der Waals surface area contributed by atoms with E-state index >= 15 is 0 Å². The number of aryl methyl sites for hydroxylation is 3. The van der Waals surface area contributed by atoms with Crippen LogP contribution in [0.25, 0.3) is 11.0 Å². The highest BCUT2D eigenvalue weighted by Gasteiger charge is 2.17. The fourth-order valence-electron chi connectivity index (χ4n) is 3.45. The molecule has 0 atom stereocenters. The molecule has 0 saturated carbocycles. The summed E-state index contributed by atoms with van der Waals surface area (Å²) in [4.78, 5) is 24.2. The van der Waals surface area contributed by atoms with Crippen molar-refractivity contribution in [1.82, 2.24) is 4.57 Å². The number of Topliss-reactive ketones (excluding diaryl/α,β-unsaturated/α-hetero) is 1. The molecule has 136 valence electrons. The molecule has 3 aromatic rings. The molecule has 0 radical (unpaired) electrons. The molecule has 0 unspecified atom stereocenters. The smallest absolute Gasteiger partial charge is 0.336 e. The van der Waals surface area contributed by atoms with E-state index in [4.69, 9.17) is 9.15 Å². The van der Waals surface area contributed by atoms with Crippen LogP contribution < -0.4 is 10.4 Å². The van der Waals surface area contributed by atoms with Crippen LogP contribution in [0.15, 0.2) is 33.5 Å². The van der Waals surface area contributed by atoms with Gasteiger partial charge in [0.2, 0.25) is 5.78 Å². The first-order chi connectivity index (χ1) is 12.3. The molecule has 0 spiro atoms. The monoisotopic (exact) mass is 353 g/mol. The molecule has 1 aromatic carbocycles. The second-order valence-electron chi connectivity index (χ2n) is 6.55. The van der Waals surface area contributed by atoms with Crippen molar-refractivity contribution >= 4 is 16.8 Å². The molecule has 0 aliphatic carbocycles. The van der Waals surface area contributed by atoms with E-state index < -0.39 is 5.63 Å². The quantitative estimate of drug-likeness (QED) is 0.511. The van der Waals surface area contributed by atoms with Crippen molar-refractivity contribution in [1.29, 1.82) is 0 Å². The first-order valence-electron chi connectivity index (χ1n) is 8.70. The van der Waals surface area contributed by atoms with E-state index in [1.807, 2.05) is 45.9 Å². The van der Waals surface area contributed by atoms with Crippen LogP contribution in [0.2, 0.25) is 0 Å². The standard InChI is InChI=1S/C21H23NO4/c1-6-22-13(3)10-17(15(22)5)18(23)11-25-19-8-7-16-12(2)9-20(24)26-21(16)14(19)4/h7-10H,6,11H2,1-5H3. The highest BCUT2D eigenvalue weighted by molar-refractivity contribution is 5.98. The van der Waals surface area contributed by atoms with Crippen molar-refractivity contribution in [2.24, 2.45) is 0 Å². The lowest BCUT2D eigenvalue weighted by molar-refractivity contribution is 0.0920. The van der Waals surface area contributed by atoms with Gasteiger partial charge in [0, 0.05) is 40.5 Å². The Morgan fingerprint density at radius 3 is 2.54 bits per heavy atom. The Labute approximate surface area is 152 Å². The van der Waals surface area contributed by atoms with Crippen LogP contribution in [0.1, 0.15) is 39.8 Å². The van der Waals surface area contributed by atoms with Crippen LogP contribution in [0.4, 0.5) is 0 Å². The summed E-state index contributed by atoms with van der Waals surface area (Å²) >= 11 is 0. The SMILES string of the molecule is CCn1c(C)cc(C(=O)COc2ccc3c(C)cc(=O)oc3c2C)c1C. The topological polar surface area (TPSA) is 61.4 Å². The van der Waals surface area contributed by atoms with Gasteiger partial charge in [0.25, 0.3) is 0 Å². The number of carbonyl (C=O) groups is 1. The Hall–Kier alpha value is -2.82. The summed E-state index contributed by atoms with van der Waals surface area (Å²) in [6.07, 6.45) is 0. The molecule has 0 saturated heterocycles. The van der Waals surface area contributed by atoms with Gasteiger partial charge in [-0.2, -0.15) is 0 Å². The molecule has 0 aliphatic rings. The number of fused-ring (bicyclic) bond motifs is 1. The second kappa shape index (κ2) is 6.83. The largest absolute Gasteiger partial charge is 0.485 e. The van der Waals surface area contributed by atoms with Crippen molar-refractivity contribution in [3.8, 4) is 5.75 Å². The number of aromatic nitrogens is 1. The summed E-state index contributed by atoms with van der Waals surface area (Å²) in [7, 11) is 0. The van der Waals surface area contributed by atoms with Gasteiger partial charge in [-0.15, -0.1) is 0 Å². The van der Waals surface area contributed by atoms with Crippen molar-refractivity contribution in [2.75, 3.05) is 6.61 Å². The third-order valence-electron chi connectivity index (χ3n) is 4.87. The Balaban J connectivity index is 1.87. The summed E-state index contributed by atoms with van der Waals surface area (Å²) in [6, 6.07) is 7.03. The highest BCUT2D eigenvalue weighted by Crippen LogP contribution is 2.28. The van der Waals surface area contributed by atoms with Crippen LogP contribution in [0.3, 0.4) is 0 Å². The number of benzene rings is 1. The number of hydrogen-bond donors (Lipinski definition) is 0. The predicted molar refractivity (Wildman–Crippen MR) is 101 cm³/mol. The number of hydrogen-bond acceptors (Lipinski definition) is 4. The first kappa shape index (κ1) is 18.0. The van der Waals surface area contributed by atoms with Crippen molar-refractivity contribution in [3.05, 3.63) is 62.8 Å². The number of ketones is 1. The molecular formula is C21H23NO4. The van der Waals surface area contributed by atoms with Gasteiger partial charge in [-0.3, -0.25) is 4.79 Å². The summed E-state index contributed by atoms with van der Waals surface area (Å²) in [5.41, 5.74) is 4.39. The molecule has 0 aliphatic heterocycles. The van der Waals surface area contributed by atoms with E-state index in [0.717, 1.165) is 34.4 Å². The van der Waals surface area contributed by atoms with Crippen molar-refractivity contribution in [2.45, 2.75) is 41.2 Å². The van der Waals surface area contributed by atoms with Gasteiger partial charge in [0.05, 0.1) is 0 Å². The van der Waals surface area contributed by atoms with Crippen LogP contribution in [-0.4, -0.2) is 17.0 Å². The zero-order chi connectivity index (χ0) is 19.0. The zero-order valence-corrected chi connectivity index (χ0v) is 15.8. The van der Waals surface area contributed by atoms with Gasteiger partial charge < -0.3 is 13.7 Å². The van der Waals surface area contributed by atoms with Crippen LogP contribution >= 0.6 is 0 Å². The van der Waals surface area contributed by atoms with E-state index in [-0.39, 0.29) is 12.4 Å². The Kier molecular flexibility index (Phi) is 4.72. The molecule has 5 heteroatoms. The lowest BCUT2D eigenvalue weighted by Crippen LogP contribution is -2.13. The number of rotatable bonds is 5. The molecule has 0 N–H and O–H groups in total. The van der Waals surface area contributed by atoms with Gasteiger partial charge >= 0.3 is 5.63 Å². The van der Waals surface area contributed by atoms with E-state index in [1.165, 1.54) is 6.07 Å².